The van der Waals surface area contributed by atoms with E-state index in [0.29, 0.717) is 23.7 Å². The van der Waals surface area contributed by atoms with Crippen molar-refractivity contribution in [2.45, 2.75) is 26.3 Å². The molecule has 3 rings (SSSR count). The van der Waals surface area contributed by atoms with Gasteiger partial charge in [-0.15, -0.1) is 5.10 Å². The summed E-state index contributed by atoms with van der Waals surface area (Å²) >= 11 is 1.17. The number of benzene rings is 1. The first-order valence-electron chi connectivity index (χ1n) is 7.92. The van der Waals surface area contributed by atoms with E-state index in [1.807, 2.05) is 24.0 Å². The molecule has 2 heterocycles. The third-order valence-electron chi connectivity index (χ3n) is 4.42. The third kappa shape index (κ3) is 3.08. The molecular formula is C17H22N4O2S. The minimum Gasteiger partial charge on any atom is -0.497 e. The van der Waals surface area contributed by atoms with Gasteiger partial charge in [-0.25, -0.2) is 0 Å². The molecular weight excluding hydrogens is 324 g/mol. The van der Waals surface area contributed by atoms with Crippen LogP contribution in [0.1, 0.15) is 29.2 Å². The number of amides is 1. The van der Waals surface area contributed by atoms with Gasteiger partial charge >= 0.3 is 0 Å². The average Bonchev–Trinajstić information content (AvgIpc) is 2.99. The lowest BCUT2D eigenvalue weighted by Gasteiger charge is -2.48. The Bertz CT molecular complexity index is 726. The minimum absolute atomic E-state index is 0.0324. The maximum Gasteiger partial charge on any atom is 0.267 e. The highest BCUT2D eigenvalue weighted by Gasteiger charge is 2.36. The van der Waals surface area contributed by atoms with Crippen LogP contribution in [0, 0.1) is 6.92 Å². The van der Waals surface area contributed by atoms with Crippen molar-refractivity contribution in [3.63, 3.8) is 0 Å². The summed E-state index contributed by atoms with van der Waals surface area (Å²) in [7, 11) is 1.67. The van der Waals surface area contributed by atoms with Crippen LogP contribution < -0.4 is 9.64 Å². The monoisotopic (exact) mass is 346 g/mol. The van der Waals surface area contributed by atoms with E-state index in [4.69, 9.17) is 4.74 Å². The SMILES string of the molecule is COc1ccc(N2CCN(C(=O)c3snnc3C)CC2(C)C)cc1. The van der Waals surface area contributed by atoms with Crippen molar-refractivity contribution in [2.24, 2.45) is 0 Å². The summed E-state index contributed by atoms with van der Waals surface area (Å²) in [6.45, 7) is 8.29. The molecule has 0 radical (unpaired) electrons. The number of ether oxygens (including phenoxy) is 1. The van der Waals surface area contributed by atoms with Crippen LogP contribution in [0.4, 0.5) is 5.69 Å². The van der Waals surface area contributed by atoms with Crippen LogP contribution >= 0.6 is 11.5 Å². The van der Waals surface area contributed by atoms with E-state index in [-0.39, 0.29) is 11.4 Å². The zero-order valence-corrected chi connectivity index (χ0v) is 15.3. The molecule has 2 aromatic rings. The standard InChI is InChI=1S/C17H22N4O2S/c1-12-15(24-19-18-12)16(22)20-9-10-21(17(2,3)11-20)13-5-7-14(23-4)8-6-13/h5-8H,9-11H2,1-4H3. The molecule has 7 heteroatoms. The van der Waals surface area contributed by atoms with E-state index in [0.717, 1.165) is 18.0 Å². The van der Waals surface area contributed by atoms with Crippen LogP contribution in [0.3, 0.4) is 0 Å². The van der Waals surface area contributed by atoms with E-state index in [1.54, 1.807) is 7.11 Å². The third-order valence-corrected chi connectivity index (χ3v) is 5.24. The molecule has 24 heavy (non-hydrogen) atoms. The summed E-state index contributed by atoms with van der Waals surface area (Å²) in [5.41, 5.74) is 1.69. The fourth-order valence-corrected chi connectivity index (χ4v) is 3.77. The lowest BCUT2D eigenvalue weighted by atomic mass is 9.97. The van der Waals surface area contributed by atoms with Gasteiger partial charge in [0.15, 0.2) is 0 Å². The molecule has 6 nitrogen and oxygen atoms in total. The molecule has 1 aliphatic rings. The molecule has 0 atom stereocenters. The minimum atomic E-state index is -0.158. The first-order chi connectivity index (χ1) is 11.4. The highest BCUT2D eigenvalue weighted by Crippen LogP contribution is 2.30. The fourth-order valence-electron chi connectivity index (χ4n) is 3.14. The van der Waals surface area contributed by atoms with Crippen molar-refractivity contribution < 1.29 is 9.53 Å². The molecule has 0 bridgehead atoms. The molecule has 1 amide bonds. The Kier molecular flexibility index (Phi) is 4.45. The Morgan fingerprint density at radius 1 is 1.25 bits per heavy atom. The van der Waals surface area contributed by atoms with E-state index in [2.05, 4.69) is 40.5 Å². The number of methoxy groups -OCH3 is 1. The first kappa shape index (κ1) is 16.7. The molecule has 0 spiro atoms. The maximum absolute atomic E-state index is 12.7. The number of carbonyl (C=O) groups is 1. The molecule has 128 valence electrons. The predicted octanol–water partition coefficient (Wildman–Crippen LogP) is 2.60. The van der Waals surface area contributed by atoms with Gasteiger partial charge in [-0.2, -0.15) is 0 Å². The van der Waals surface area contributed by atoms with Crippen molar-refractivity contribution in [2.75, 3.05) is 31.6 Å². The zero-order chi connectivity index (χ0) is 17.3. The fraction of sp³-hybridized carbons (Fsp3) is 0.471. The highest BCUT2D eigenvalue weighted by atomic mass is 32.1. The second-order valence-corrected chi connectivity index (χ2v) is 7.33. The maximum atomic E-state index is 12.7. The molecule has 0 unspecified atom stereocenters. The van der Waals surface area contributed by atoms with Crippen LogP contribution in [0.15, 0.2) is 24.3 Å². The average molecular weight is 346 g/mol. The molecule has 0 N–H and O–H groups in total. The second-order valence-electron chi connectivity index (χ2n) is 6.58. The Labute approximate surface area is 146 Å². The number of rotatable bonds is 3. The molecule has 1 aromatic heterocycles. The summed E-state index contributed by atoms with van der Waals surface area (Å²) < 4.78 is 9.10. The number of piperazine rings is 1. The zero-order valence-electron chi connectivity index (χ0n) is 14.4. The Hall–Kier alpha value is -2.15. The predicted molar refractivity (Wildman–Crippen MR) is 95.0 cm³/mol. The summed E-state index contributed by atoms with van der Waals surface area (Å²) in [5, 5.41) is 3.95. The first-order valence-corrected chi connectivity index (χ1v) is 8.69. The number of hydrogen-bond donors (Lipinski definition) is 0. The van der Waals surface area contributed by atoms with Crippen molar-refractivity contribution in [3.8, 4) is 5.75 Å². The van der Waals surface area contributed by atoms with E-state index in [9.17, 15) is 4.79 Å². The highest BCUT2D eigenvalue weighted by molar-refractivity contribution is 7.07. The van der Waals surface area contributed by atoms with Crippen LogP contribution in [-0.4, -0.2) is 52.7 Å². The molecule has 1 saturated heterocycles. The Morgan fingerprint density at radius 3 is 2.50 bits per heavy atom. The lowest BCUT2D eigenvalue weighted by molar-refractivity contribution is 0.0690. The topological polar surface area (TPSA) is 58.6 Å². The smallest absolute Gasteiger partial charge is 0.267 e. The van der Waals surface area contributed by atoms with Gasteiger partial charge in [0.25, 0.3) is 5.91 Å². The Balaban J connectivity index is 1.77. The van der Waals surface area contributed by atoms with E-state index < -0.39 is 0 Å². The van der Waals surface area contributed by atoms with Crippen molar-refractivity contribution in [1.29, 1.82) is 0 Å². The van der Waals surface area contributed by atoms with Gasteiger partial charge < -0.3 is 14.5 Å². The summed E-state index contributed by atoms with van der Waals surface area (Å²) in [6, 6.07) is 8.06. The largest absolute Gasteiger partial charge is 0.497 e. The van der Waals surface area contributed by atoms with Gasteiger partial charge in [0.2, 0.25) is 0 Å². The Morgan fingerprint density at radius 2 is 1.96 bits per heavy atom. The molecule has 1 aromatic carbocycles. The number of aromatic nitrogens is 2. The van der Waals surface area contributed by atoms with Gasteiger partial charge in [0, 0.05) is 25.3 Å². The molecule has 1 fully saturated rings. The van der Waals surface area contributed by atoms with Crippen molar-refractivity contribution >= 4 is 23.1 Å². The van der Waals surface area contributed by atoms with Crippen LogP contribution in [0.25, 0.3) is 0 Å². The lowest BCUT2D eigenvalue weighted by Crippen LogP contribution is -2.60. The van der Waals surface area contributed by atoms with Gasteiger partial charge in [-0.05, 0) is 56.6 Å². The summed E-state index contributed by atoms with van der Waals surface area (Å²) in [6.07, 6.45) is 0. The van der Waals surface area contributed by atoms with Crippen molar-refractivity contribution in [1.82, 2.24) is 14.5 Å². The van der Waals surface area contributed by atoms with E-state index in [1.165, 1.54) is 11.5 Å². The normalized spacial score (nSPS) is 17.0. The summed E-state index contributed by atoms with van der Waals surface area (Å²) in [5.74, 6) is 0.878. The molecule has 1 aliphatic heterocycles. The number of carbonyl (C=O) groups excluding carboxylic acids is 1. The number of hydrogen-bond acceptors (Lipinski definition) is 6. The van der Waals surface area contributed by atoms with Gasteiger partial charge in [0.05, 0.1) is 18.3 Å². The van der Waals surface area contributed by atoms with Crippen molar-refractivity contribution in [3.05, 3.63) is 34.8 Å². The van der Waals surface area contributed by atoms with Gasteiger partial charge in [-0.3, -0.25) is 4.79 Å². The number of aryl methyl sites for hydroxylation is 1. The van der Waals surface area contributed by atoms with Gasteiger partial charge in [0.1, 0.15) is 10.6 Å². The van der Waals surface area contributed by atoms with E-state index >= 15 is 0 Å². The molecule has 0 saturated carbocycles. The van der Waals surface area contributed by atoms with Crippen LogP contribution in [0.2, 0.25) is 0 Å². The molecule has 0 aliphatic carbocycles. The van der Waals surface area contributed by atoms with Gasteiger partial charge in [-0.1, -0.05) is 4.49 Å². The van der Waals surface area contributed by atoms with Crippen LogP contribution in [0.5, 0.6) is 5.75 Å². The summed E-state index contributed by atoms with van der Waals surface area (Å²) in [4.78, 5) is 17.6. The second kappa shape index (κ2) is 6.39. The number of nitrogens with zero attached hydrogens (tertiary/aromatic N) is 4. The van der Waals surface area contributed by atoms with Crippen LogP contribution in [-0.2, 0) is 0 Å². The quantitative estimate of drug-likeness (QED) is 0.855. The number of anilines is 1.